The van der Waals surface area contributed by atoms with Gasteiger partial charge in [0.05, 0.1) is 11.4 Å². The summed E-state index contributed by atoms with van der Waals surface area (Å²) >= 11 is 0. The molecule has 2 aromatic rings. The highest BCUT2D eigenvalue weighted by atomic mass is 19.2. The van der Waals surface area contributed by atoms with Crippen LogP contribution in [0.4, 0.5) is 25.0 Å². The van der Waals surface area contributed by atoms with E-state index < -0.39 is 17.7 Å². The molecule has 0 aliphatic rings. The molecule has 3 nitrogen and oxygen atoms in total. The summed E-state index contributed by atoms with van der Waals surface area (Å²) in [5.41, 5.74) is 5.37. The number of amides is 2. The molecule has 0 radical (unpaired) electrons. The van der Waals surface area contributed by atoms with Crippen molar-refractivity contribution in [1.82, 2.24) is 0 Å². The molecule has 92 valence electrons. The van der Waals surface area contributed by atoms with Crippen LogP contribution in [0.15, 0.2) is 48.5 Å². The molecule has 0 spiro atoms. The molecule has 0 aliphatic heterocycles. The van der Waals surface area contributed by atoms with E-state index in [0.717, 1.165) is 11.0 Å². The van der Waals surface area contributed by atoms with Gasteiger partial charge in [0.2, 0.25) is 0 Å². The first-order valence-corrected chi connectivity index (χ1v) is 5.20. The number of hydrogen-bond donors (Lipinski definition) is 1. The molecule has 5 heteroatoms. The Balaban J connectivity index is 2.56. The van der Waals surface area contributed by atoms with E-state index in [9.17, 15) is 13.6 Å². The Morgan fingerprint density at radius 3 is 2.28 bits per heavy atom. The molecule has 0 saturated heterocycles. The lowest BCUT2D eigenvalue weighted by Crippen LogP contribution is -2.32. The summed E-state index contributed by atoms with van der Waals surface area (Å²) in [5.74, 6) is -2.14. The monoisotopic (exact) mass is 248 g/mol. The lowest BCUT2D eigenvalue weighted by molar-refractivity contribution is 0.256. The number of nitrogens with zero attached hydrogens (tertiary/aromatic N) is 1. The van der Waals surface area contributed by atoms with E-state index in [2.05, 4.69) is 0 Å². The van der Waals surface area contributed by atoms with E-state index in [1.807, 2.05) is 0 Å². The lowest BCUT2D eigenvalue weighted by Gasteiger charge is -2.21. The van der Waals surface area contributed by atoms with Crippen molar-refractivity contribution in [3.63, 3.8) is 0 Å². The molecule has 0 unspecified atom stereocenters. The summed E-state index contributed by atoms with van der Waals surface area (Å²) in [7, 11) is 0. The highest BCUT2D eigenvalue weighted by Gasteiger charge is 2.20. The minimum absolute atomic E-state index is 0.214. The van der Waals surface area contributed by atoms with E-state index >= 15 is 0 Å². The Hall–Kier alpha value is -2.43. The standard InChI is InChI=1S/C13H10F2N2O/c14-10-7-4-8-11(12(10)15)17(13(16)18)9-5-2-1-3-6-9/h1-8H,(H2,16,18). The van der Waals surface area contributed by atoms with Crippen molar-refractivity contribution in [2.24, 2.45) is 5.73 Å². The number of urea groups is 1. The highest BCUT2D eigenvalue weighted by molar-refractivity contribution is 5.98. The summed E-state index contributed by atoms with van der Waals surface area (Å²) in [5, 5.41) is 0. The SMILES string of the molecule is NC(=O)N(c1ccccc1)c1cccc(F)c1F. The Bertz CT molecular complexity index is 572. The molecule has 0 heterocycles. The molecule has 0 bridgehead atoms. The summed E-state index contributed by atoms with van der Waals surface area (Å²) < 4.78 is 26.8. The Kier molecular flexibility index (Phi) is 3.23. The van der Waals surface area contributed by atoms with E-state index in [1.54, 1.807) is 30.3 Å². The number of carbonyl (C=O) groups is 1. The summed E-state index contributed by atoms with van der Waals surface area (Å²) in [6.07, 6.45) is 0. The number of para-hydroxylation sites is 1. The molecule has 18 heavy (non-hydrogen) atoms. The first kappa shape index (κ1) is 12.0. The predicted octanol–water partition coefficient (Wildman–Crippen LogP) is 3.18. The van der Waals surface area contributed by atoms with Crippen LogP contribution in [0.5, 0.6) is 0 Å². The fraction of sp³-hybridized carbons (Fsp3) is 0. The van der Waals surface area contributed by atoms with Crippen LogP contribution in [0.1, 0.15) is 0 Å². The van der Waals surface area contributed by atoms with E-state index in [1.165, 1.54) is 12.1 Å². The van der Waals surface area contributed by atoms with Crippen molar-refractivity contribution in [3.8, 4) is 0 Å². The average Bonchev–Trinajstić information content (AvgIpc) is 2.36. The third kappa shape index (κ3) is 2.15. The number of nitrogens with two attached hydrogens (primary N) is 1. The maximum atomic E-state index is 13.7. The fourth-order valence-electron chi connectivity index (χ4n) is 1.63. The number of halogens is 2. The van der Waals surface area contributed by atoms with Crippen molar-refractivity contribution < 1.29 is 13.6 Å². The predicted molar refractivity (Wildman–Crippen MR) is 64.5 cm³/mol. The smallest absolute Gasteiger partial charge is 0.323 e. The molecule has 2 amide bonds. The molecule has 0 atom stereocenters. The second kappa shape index (κ2) is 4.83. The minimum atomic E-state index is -1.11. The van der Waals surface area contributed by atoms with Gasteiger partial charge in [-0.15, -0.1) is 0 Å². The van der Waals surface area contributed by atoms with Gasteiger partial charge in [0, 0.05) is 0 Å². The maximum Gasteiger partial charge on any atom is 0.323 e. The van der Waals surface area contributed by atoms with Crippen LogP contribution >= 0.6 is 0 Å². The Labute approximate surface area is 102 Å². The van der Waals surface area contributed by atoms with Gasteiger partial charge >= 0.3 is 6.03 Å². The van der Waals surface area contributed by atoms with Gasteiger partial charge in [0.15, 0.2) is 11.6 Å². The van der Waals surface area contributed by atoms with Crippen LogP contribution in [0.25, 0.3) is 0 Å². The number of benzene rings is 2. The third-order valence-electron chi connectivity index (χ3n) is 2.41. The molecule has 0 fully saturated rings. The van der Waals surface area contributed by atoms with Crippen LogP contribution in [0.3, 0.4) is 0 Å². The maximum absolute atomic E-state index is 13.7. The molecule has 2 N–H and O–H groups in total. The van der Waals surface area contributed by atoms with Crippen LogP contribution < -0.4 is 10.6 Å². The van der Waals surface area contributed by atoms with E-state index in [4.69, 9.17) is 5.73 Å². The zero-order chi connectivity index (χ0) is 13.1. The Morgan fingerprint density at radius 1 is 1.00 bits per heavy atom. The normalized spacial score (nSPS) is 10.1. The number of hydrogen-bond acceptors (Lipinski definition) is 1. The second-order valence-corrected chi connectivity index (χ2v) is 3.58. The van der Waals surface area contributed by atoms with Crippen LogP contribution in [0.2, 0.25) is 0 Å². The van der Waals surface area contributed by atoms with Gasteiger partial charge in [0.25, 0.3) is 0 Å². The zero-order valence-electron chi connectivity index (χ0n) is 9.31. The number of anilines is 2. The first-order valence-electron chi connectivity index (χ1n) is 5.20. The third-order valence-corrected chi connectivity index (χ3v) is 2.41. The largest absolute Gasteiger partial charge is 0.351 e. The van der Waals surface area contributed by atoms with Crippen LogP contribution in [0, 0.1) is 11.6 Å². The van der Waals surface area contributed by atoms with Crippen molar-refractivity contribution in [2.45, 2.75) is 0 Å². The van der Waals surface area contributed by atoms with Gasteiger partial charge in [-0.05, 0) is 24.3 Å². The fourth-order valence-corrected chi connectivity index (χ4v) is 1.63. The summed E-state index contributed by atoms with van der Waals surface area (Å²) in [4.78, 5) is 12.3. The molecule has 2 rings (SSSR count). The van der Waals surface area contributed by atoms with Crippen LogP contribution in [-0.2, 0) is 0 Å². The average molecular weight is 248 g/mol. The molecular weight excluding hydrogens is 238 g/mol. The molecule has 2 aromatic carbocycles. The number of carbonyl (C=O) groups excluding carboxylic acids is 1. The van der Waals surface area contributed by atoms with Crippen molar-refractivity contribution in [3.05, 3.63) is 60.2 Å². The molecule has 0 saturated carbocycles. The first-order chi connectivity index (χ1) is 8.61. The summed E-state index contributed by atoms with van der Waals surface area (Å²) in [6, 6.07) is 10.9. The quantitative estimate of drug-likeness (QED) is 0.871. The second-order valence-electron chi connectivity index (χ2n) is 3.58. The zero-order valence-corrected chi connectivity index (χ0v) is 9.31. The Morgan fingerprint density at radius 2 is 1.67 bits per heavy atom. The molecular formula is C13H10F2N2O. The van der Waals surface area contributed by atoms with Gasteiger partial charge < -0.3 is 5.73 Å². The van der Waals surface area contributed by atoms with Gasteiger partial charge in [0.1, 0.15) is 0 Å². The number of primary amides is 1. The van der Waals surface area contributed by atoms with Gasteiger partial charge in [-0.3, -0.25) is 4.90 Å². The van der Waals surface area contributed by atoms with Gasteiger partial charge in [-0.1, -0.05) is 24.3 Å². The molecule has 0 aromatic heterocycles. The summed E-state index contributed by atoms with van der Waals surface area (Å²) in [6.45, 7) is 0. The van der Waals surface area contributed by atoms with Crippen molar-refractivity contribution in [2.75, 3.05) is 4.90 Å². The van der Waals surface area contributed by atoms with Crippen molar-refractivity contribution >= 4 is 17.4 Å². The van der Waals surface area contributed by atoms with E-state index in [-0.39, 0.29) is 5.69 Å². The minimum Gasteiger partial charge on any atom is -0.351 e. The highest BCUT2D eigenvalue weighted by Crippen LogP contribution is 2.28. The van der Waals surface area contributed by atoms with Crippen molar-refractivity contribution in [1.29, 1.82) is 0 Å². The van der Waals surface area contributed by atoms with Gasteiger partial charge in [-0.2, -0.15) is 0 Å². The molecule has 0 aliphatic carbocycles. The van der Waals surface area contributed by atoms with Gasteiger partial charge in [-0.25, -0.2) is 13.6 Å². The van der Waals surface area contributed by atoms with Crippen LogP contribution in [-0.4, -0.2) is 6.03 Å². The lowest BCUT2D eigenvalue weighted by atomic mass is 10.2. The topological polar surface area (TPSA) is 46.3 Å². The number of rotatable bonds is 2. The van der Waals surface area contributed by atoms with E-state index in [0.29, 0.717) is 5.69 Å².